The van der Waals surface area contributed by atoms with Crippen LogP contribution in [0.15, 0.2) is 0 Å². The van der Waals surface area contributed by atoms with Crippen LogP contribution in [0.3, 0.4) is 0 Å². The van der Waals surface area contributed by atoms with Crippen molar-refractivity contribution < 1.29 is 13.6 Å². The van der Waals surface area contributed by atoms with E-state index in [0.29, 0.717) is 13.2 Å². The van der Waals surface area contributed by atoms with Gasteiger partial charge in [-0.3, -0.25) is 4.57 Å². The highest BCUT2D eigenvalue weighted by Gasteiger charge is 2.27. The van der Waals surface area contributed by atoms with Crippen LogP contribution in [0.4, 0.5) is 0 Å². The summed E-state index contributed by atoms with van der Waals surface area (Å²) in [6.45, 7) is 6.71. The standard InChI is InChI=1S/C12H24NO3P/c1-4-6-8-15-17(14,11-12(3)10-13)16-9-7-5-2/h12H,4-9,11H2,1-3H3/t12-/m1/s1. The van der Waals surface area contributed by atoms with Gasteiger partial charge in [0, 0.05) is 0 Å². The van der Waals surface area contributed by atoms with Gasteiger partial charge in [0.25, 0.3) is 0 Å². The van der Waals surface area contributed by atoms with Crippen LogP contribution in [-0.4, -0.2) is 19.4 Å². The Labute approximate surface area is 105 Å². The summed E-state index contributed by atoms with van der Waals surface area (Å²) in [4.78, 5) is 0. The lowest BCUT2D eigenvalue weighted by Crippen LogP contribution is -2.07. The molecule has 0 radical (unpaired) electrons. The van der Waals surface area contributed by atoms with E-state index in [2.05, 4.69) is 6.07 Å². The Morgan fingerprint density at radius 3 is 2.00 bits per heavy atom. The first-order valence-corrected chi connectivity index (χ1v) is 8.08. The number of hydrogen-bond donors (Lipinski definition) is 0. The predicted molar refractivity (Wildman–Crippen MR) is 69.0 cm³/mol. The minimum atomic E-state index is -3.07. The quantitative estimate of drug-likeness (QED) is 0.441. The molecular weight excluding hydrogens is 237 g/mol. The van der Waals surface area contributed by atoms with Gasteiger partial charge in [0.05, 0.1) is 31.4 Å². The molecule has 0 rings (SSSR count). The second kappa shape index (κ2) is 9.65. The maximum atomic E-state index is 12.3. The normalized spacial score (nSPS) is 13.3. The minimum absolute atomic E-state index is 0.191. The van der Waals surface area contributed by atoms with Crippen molar-refractivity contribution in [2.75, 3.05) is 19.4 Å². The van der Waals surface area contributed by atoms with E-state index in [-0.39, 0.29) is 12.1 Å². The zero-order chi connectivity index (χ0) is 13.1. The van der Waals surface area contributed by atoms with Gasteiger partial charge in [0.15, 0.2) is 0 Å². The lowest BCUT2D eigenvalue weighted by atomic mass is 10.3. The Kier molecular flexibility index (Phi) is 9.44. The van der Waals surface area contributed by atoms with Crippen LogP contribution in [0.2, 0.25) is 0 Å². The molecule has 5 heteroatoms. The monoisotopic (exact) mass is 261 g/mol. The molecule has 0 aliphatic heterocycles. The van der Waals surface area contributed by atoms with Crippen molar-refractivity contribution in [2.45, 2.75) is 46.5 Å². The summed E-state index contributed by atoms with van der Waals surface area (Å²) in [5.74, 6) is -0.302. The van der Waals surface area contributed by atoms with Crippen LogP contribution < -0.4 is 0 Å². The van der Waals surface area contributed by atoms with Gasteiger partial charge in [0.2, 0.25) is 0 Å². The molecule has 4 nitrogen and oxygen atoms in total. The topological polar surface area (TPSA) is 59.3 Å². The zero-order valence-electron chi connectivity index (χ0n) is 11.1. The van der Waals surface area contributed by atoms with Crippen molar-refractivity contribution in [3.05, 3.63) is 0 Å². The van der Waals surface area contributed by atoms with Crippen LogP contribution in [0.5, 0.6) is 0 Å². The van der Waals surface area contributed by atoms with E-state index in [1.54, 1.807) is 6.92 Å². The highest BCUT2D eigenvalue weighted by atomic mass is 31.2. The largest absolute Gasteiger partial charge is 0.331 e. The molecule has 0 saturated heterocycles. The fourth-order valence-electron chi connectivity index (χ4n) is 1.21. The second-order valence-corrected chi connectivity index (χ2v) is 6.30. The summed E-state index contributed by atoms with van der Waals surface area (Å²) in [6.07, 6.45) is 3.90. The molecule has 0 aliphatic rings. The Morgan fingerprint density at radius 1 is 1.18 bits per heavy atom. The van der Waals surface area contributed by atoms with Crippen LogP contribution in [0.1, 0.15) is 46.5 Å². The third-order valence-corrected chi connectivity index (χ3v) is 4.44. The van der Waals surface area contributed by atoms with Crippen LogP contribution >= 0.6 is 7.60 Å². The summed E-state index contributed by atoms with van der Waals surface area (Å²) < 4.78 is 23.1. The molecule has 0 spiro atoms. The van der Waals surface area contributed by atoms with Crippen molar-refractivity contribution in [2.24, 2.45) is 5.92 Å². The second-order valence-electron chi connectivity index (χ2n) is 4.20. The predicted octanol–water partition coefficient (Wildman–Crippen LogP) is 3.97. The molecule has 0 aromatic rings. The van der Waals surface area contributed by atoms with Crippen molar-refractivity contribution >= 4 is 7.60 Å². The van der Waals surface area contributed by atoms with Gasteiger partial charge in [-0.25, -0.2) is 0 Å². The van der Waals surface area contributed by atoms with Gasteiger partial charge in [-0.2, -0.15) is 5.26 Å². The molecule has 0 unspecified atom stereocenters. The fraction of sp³-hybridized carbons (Fsp3) is 0.917. The Morgan fingerprint density at radius 2 is 1.65 bits per heavy atom. The van der Waals surface area contributed by atoms with E-state index in [9.17, 15) is 4.57 Å². The molecule has 0 N–H and O–H groups in total. The van der Waals surface area contributed by atoms with Gasteiger partial charge in [-0.05, 0) is 19.8 Å². The maximum Gasteiger partial charge on any atom is 0.331 e. The minimum Gasteiger partial charge on any atom is -0.309 e. The van der Waals surface area contributed by atoms with E-state index < -0.39 is 7.60 Å². The molecule has 0 aliphatic carbocycles. The highest BCUT2D eigenvalue weighted by molar-refractivity contribution is 7.53. The fourth-order valence-corrected chi connectivity index (χ4v) is 3.07. The lowest BCUT2D eigenvalue weighted by molar-refractivity contribution is 0.198. The van der Waals surface area contributed by atoms with E-state index in [0.717, 1.165) is 25.7 Å². The summed E-state index contributed by atoms with van der Waals surface area (Å²) >= 11 is 0. The average Bonchev–Trinajstić information content (AvgIpc) is 2.29. The number of nitriles is 1. The lowest BCUT2D eigenvalue weighted by Gasteiger charge is -2.19. The first kappa shape index (κ1) is 16.6. The average molecular weight is 261 g/mol. The molecule has 0 bridgehead atoms. The van der Waals surface area contributed by atoms with Crippen LogP contribution in [-0.2, 0) is 13.6 Å². The zero-order valence-corrected chi connectivity index (χ0v) is 12.0. The van der Waals surface area contributed by atoms with Crippen LogP contribution in [0, 0.1) is 17.2 Å². The summed E-state index contributed by atoms with van der Waals surface area (Å²) in [7, 11) is -3.07. The number of hydrogen-bond acceptors (Lipinski definition) is 4. The van der Waals surface area contributed by atoms with Crippen molar-refractivity contribution in [1.29, 1.82) is 5.26 Å². The molecule has 0 heterocycles. The number of rotatable bonds is 10. The van der Waals surface area contributed by atoms with Crippen molar-refractivity contribution in [1.82, 2.24) is 0 Å². The summed E-state index contributed by atoms with van der Waals surface area (Å²) in [5.41, 5.74) is 0. The SMILES string of the molecule is CCCCOP(=O)(C[C@H](C)C#N)OCCCC. The Bertz CT molecular complexity index is 261. The van der Waals surface area contributed by atoms with E-state index in [1.165, 1.54) is 0 Å². The molecule has 0 amide bonds. The Balaban J connectivity index is 4.25. The molecule has 17 heavy (non-hydrogen) atoms. The summed E-state index contributed by atoms with van der Waals surface area (Å²) in [5, 5.41) is 8.76. The van der Waals surface area contributed by atoms with Gasteiger partial charge >= 0.3 is 7.60 Å². The van der Waals surface area contributed by atoms with Gasteiger partial charge in [0.1, 0.15) is 0 Å². The third-order valence-electron chi connectivity index (χ3n) is 2.29. The first-order valence-electron chi connectivity index (χ1n) is 6.35. The Hall–Kier alpha value is -0.360. The van der Waals surface area contributed by atoms with Crippen molar-refractivity contribution in [3.8, 4) is 6.07 Å². The molecule has 100 valence electrons. The number of nitrogens with zero attached hydrogens (tertiary/aromatic N) is 1. The smallest absolute Gasteiger partial charge is 0.309 e. The molecule has 0 saturated carbocycles. The molecule has 0 aromatic carbocycles. The molecule has 0 aromatic heterocycles. The maximum absolute atomic E-state index is 12.3. The van der Waals surface area contributed by atoms with E-state index in [1.807, 2.05) is 13.8 Å². The first-order chi connectivity index (χ1) is 8.08. The van der Waals surface area contributed by atoms with E-state index >= 15 is 0 Å². The third kappa shape index (κ3) is 8.37. The molecule has 1 atom stereocenters. The van der Waals surface area contributed by atoms with Gasteiger partial charge < -0.3 is 9.05 Å². The van der Waals surface area contributed by atoms with E-state index in [4.69, 9.17) is 14.3 Å². The summed E-state index contributed by atoms with van der Waals surface area (Å²) in [6, 6.07) is 2.07. The van der Waals surface area contributed by atoms with Crippen molar-refractivity contribution in [3.63, 3.8) is 0 Å². The molecule has 0 fully saturated rings. The molecular formula is C12H24NO3P. The van der Waals surface area contributed by atoms with Crippen LogP contribution in [0.25, 0.3) is 0 Å². The van der Waals surface area contributed by atoms with Gasteiger partial charge in [-0.15, -0.1) is 0 Å². The highest BCUT2D eigenvalue weighted by Crippen LogP contribution is 2.49. The van der Waals surface area contributed by atoms with Gasteiger partial charge in [-0.1, -0.05) is 26.7 Å². The number of unbranched alkanes of at least 4 members (excludes halogenated alkanes) is 2.